The van der Waals surface area contributed by atoms with E-state index in [4.69, 9.17) is 0 Å². The third kappa shape index (κ3) is 4.66. The minimum absolute atomic E-state index is 0.161. The second-order valence-electron chi connectivity index (χ2n) is 6.25. The predicted octanol–water partition coefficient (Wildman–Crippen LogP) is 6.03. The van der Waals surface area contributed by atoms with Gasteiger partial charge in [0, 0.05) is 0 Å². The van der Waals surface area contributed by atoms with Crippen molar-refractivity contribution in [2.24, 2.45) is 0 Å². The molecule has 0 aromatic heterocycles. The van der Waals surface area contributed by atoms with E-state index in [-0.39, 0.29) is 5.41 Å². The summed E-state index contributed by atoms with van der Waals surface area (Å²) in [5.74, 6) is 0. The van der Waals surface area contributed by atoms with Gasteiger partial charge < -0.3 is 0 Å². The van der Waals surface area contributed by atoms with Gasteiger partial charge in [0.2, 0.25) is 0 Å². The summed E-state index contributed by atoms with van der Waals surface area (Å²) in [6.45, 7) is 11.9. The van der Waals surface area contributed by atoms with Crippen LogP contribution in [0.3, 0.4) is 0 Å². The van der Waals surface area contributed by atoms with Crippen molar-refractivity contribution in [1.29, 1.82) is 0 Å². The van der Waals surface area contributed by atoms with E-state index in [2.05, 4.69) is 77.1 Å². The van der Waals surface area contributed by atoms with E-state index in [1.54, 1.807) is 0 Å². The molecule has 0 fully saturated rings. The summed E-state index contributed by atoms with van der Waals surface area (Å²) in [4.78, 5) is 0. The minimum atomic E-state index is -1.78. The van der Waals surface area contributed by atoms with E-state index in [9.17, 15) is 0 Å². The normalized spacial score (nSPS) is 13.1. The molecule has 0 atom stereocenters. The van der Waals surface area contributed by atoms with Crippen LogP contribution in [0.15, 0.2) is 42.5 Å². The van der Waals surface area contributed by atoms with E-state index >= 15 is 0 Å². The SMILES string of the molecule is C[CH2][Sn]([CH2]C)([CH2]C)[CH2]C=CC(C)(C)c1ccccc1. The Kier molecular flexibility index (Phi) is 6.65. The second kappa shape index (κ2) is 7.52. The van der Waals surface area contributed by atoms with Crippen LogP contribution >= 0.6 is 0 Å². The summed E-state index contributed by atoms with van der Waals surface area (Å²) < 4.78 is 5.86. The number of allylic oxidation sites excluding steroid dienone is 2. The van der Waals surface area contributed by atoms with Gasteiger partial charge in [0.25, 0.3) is 0 Å². The number of benzene rings is 1. The van der Waals surface area contributed by atoms with Crippen LogP contribution in [-0.4, -0.2) is 18.4 Å². The Bertz CT molecular complexity index is 377. The molecule has 0 nitrogen and oxygen atoms in total. The topological polar surface area (TPSA) is 0 Å². The maximum atomic E-state index is 2.50. The molecule has 0 radical (unpaired) electrons. The molecular formula is C18H30Sn. The molecular weight excluding hydrogens is 335 g/mol. The van der Waals surface area contributed by atoms with Crippen molar-refractivity contribution in [1.82, 2.24) is 0 Å². The summed E-state index contributed by atoms with van der Waals surface area (Å²) in [7, 11) is 0. The molecule has 0 bridgehead atoms. The summed E-state index contributed by atoms with van der Waals surface area (Å²) in [6.07, 6.45) is 4.94. The van der Waals surface area contributed by atoms with Gasteiger partial charge in [-0.05, 0) is 0 Å². The zero-order valence-electron chi connectivity index (χ0n) is 13.4. The molecule has 1 aromatic carbocycles. The molecule has 0 heterocycles. The molecule has 1 rings (SSSR count). The summed E-state index contributed by atoms with van der Waals surface area (Å²) in [5.41, 5.74) is 1.57. The van der Waals surface area contributed by atoms with Crippen molar-refractivity contribution >= 4 is 18.4 Å². The van der Waals surface area contributed by atoms with Gasteiger partial charge in [0.05, 0.1) is 0 Å². The number of hydrogen-bond acceptors (Lipinski definition) is 0. The summed E-state index contributed by atoms with van der Waals surface area (Å²) in [6, 6.07) is 10.8. The van der Waals surface area contributed by atoms with Gasteiger partial charge in [-0.25, -0.2) is 0 Å². The summed E-state index contributed by atoms with van der Waals surface area (Å²) >= 11 is -1.78. The third-order valence-electron chi connectivity index (χ3n) is 4.85. The van der Waals surface area contributed by atoms with Crippen LogP contribution in [-0.2, 0) is 5.41 Å². The van der Waals surface area contributed by atoms with Gasteiger partial charge in [0.15, 0.2) is 0 Å². The van der Waals surface area contributed by atoms with Gasteiger partial charge in [-0.1, -0.05) is 0 Å². The van der Waals surface area contributed by atoms with Crippen LogP contribution in [0.4, 0.5) is 0 Å². The van der Waals surface area contributed by atoms with Crippen LogP contribution in [0.5, 0.6) is 0 Å². The molecule has 0 N–H and O–H groups in total. The fourth-order valence-electron chi connectivity index (χ4n) is 2.75. The van der Waals surface area contributed by atoms with Crippen LogP contribution < -0.4 is 0 Å². The van der Waals surface area contributed by atoms with Crippen molar-refractivity contribution < 1.29 is 0 Å². The van der Waals surface area contributed by atoms with E-state index in [1.165, 1.54) is 23.3 Å². The Labute approximate surface area is 124 Å². The van der Waals surface area contributed by atoms with E-state index in [0.717, 1.165) is 0 Å². The van der Waals surface area contributed by atoms with Gasteiger partial charge in [-0.2, -0.15) is 0 Å². The molecule has 0 saturated heterocycles. The molecule has 0 aliphatic heterocycles. The van der Waals surface area contributed by atoms with E-state index < -0.39 is 18.4 Å². The first kappa shape index (κ1) is 16.8. The fourth-order valence-corrected chi connectivity index (χ4v) is 11.3. The molecule has 0 amide bonds. The Hall–Kier alpha value is -0.241. The van der Waals surface area contributed by atoms with Gasteiger partial charge in [-0.15, -0.1) is 0 Å². The standard InChI is InChI=1S/C12H15.3C2H5.Sn/c1-4-10-12(2,3)11-8-6-5-7-9-11;3*1-2;/h4-10H,1H2,2-3H3;3*1H2,2H3;. The molecule has 0 aliphatic rings. The zero-order chi connectivity index (χ0) is 14.4. The number of hydrogen-bond donors (Lipinski definition) is 0. The molecule has 0 spiro atoms. The molecule has 1 aromatic rings. The molecule has 0 unspecified atom stereocenters. The van der Waals surface area contributed by atoms with Crippen LogP contribution in [0.1, 0.15) is 40.2 Å². The first-order valence-corrected chi connectivity index (χ1v) is 15.8. The molecule has 1 heteroatoms. The maximum absolute atomic E-state index is 2.50. The summed E-state index contributed by atoms with van der Waals surface area (Å²) in [5, 5.41) is 0. The zero-order valence-corrected chi connectivity index (χ0v) is 16.2. The second-order valence-corrected chi connectivity index (χ2v) is 22.0. The van der Waals surface area contributed by atoms with Crippen molar-refractivity contribution in [2.45, 2.75) is 57.8 Å². The van der Waals surface area contributed by atoms with Gasteiger partial charge >= 0.3 is 124 Å². The van der Waals surface area contributed by atoms with Crippen LogP contribution in [0.25, 0.3) is 0 Å². The Morgan fingerprint density at radius 2 is 1.47 bits per heavy atom. The van der Waals surface area contributed by atoms with E-state index in [1.807, 2.05) is 0 Å². The fraction of sp³-hybridized carbons (Fsp3) is 0.556. The molecule has 19 heavy (non-hydrogen) atoms. The van der Waals surface area contributed by atoms with Crippen molar-refractivity contribution in [2.75, 3.05) is 0 Å². The van der Waals surface area contributed by atoms with Crippen molar-refractivity contribution in [3.63, 3.8) is 0 Å². The number of rotatable bonds is 7. The first-order valence-electron chi connectivity index (χ1n) is 7.73. The quantitative estimate of drug-likeness (QED) is 0.409. The van der Waals surface area contributed by atoms with Gasteiger partial charge in [0.1, 0.15) is 0 Å². The average Bonchev–Trinajstić information content (AvgIpc) is 2.45. The predicted molar refractivity (Wildman–Crippen MR) is 90.6 cm³/mol. The van der Waals surface area contributed by atoms with Crippen LogP contribution in [0.2, 0.25) is 17.7 Å². The Morgan fingerprint density at radius 3 is 1.95 bits per heavy atom. The first-order chi connectivity index (χ1) is 8.99. The van der Waals surface area contributed by atoms with E-state index in [0.29, 0.717) is 0 Å². The molecule has 0 saturated carbocycles. The monoisotopic (exact) mass is 366 g/mol. The molecule has 106 valence electrons. The van der Waals surface area contributed by atoms with Crippen molar-refractivity contribution in [3.8, 4) is 0 Å². The Balaban J connectivity index is 2.76. The van der Waals surface area contributed by atoms with Crippen molar-refractivity contribution in [3.05, 3.63) is 48.0 Å². The van der Waals surface area contributed by atoms with Crippen LogP contribution in [0, 0.1) is 0 Å². The van der Waals surface area contributed by atoms with Gasteiger partial charge in [-0.3, -0.25) is 0 Å². The Morgan fingerprint density at radius 1 is 0.947 bits per heavy atom. The molecule has 0 aliphatic carbocycles. The third-order valence-corrected chi connectivity index (χ3v) is 20.8. The average molecular weight is 365 g/mol.